The van der Waals surface area contributed by atoms with Crippen LogP contribution in [0, 0.1) is 0 Å². The van der Waals surface area contributed by atoms with E-state index < -0.39 is 10.0 Å². The van der Waals surface area contributed by atoms with Crippen molar-refractivity contribution in [2.24, 2.45) is 10.1 Å². The number of ether oxygens (including phenoxy) is 2. The summed E-state index contributed by atoms with van der Waals surface area (Å²) in [6, 6.07) is 11.1. The van der Waals surface area contributed by atoms with Crippen molar-refractivity contribution in [3.05, 3.63) is 65.6 Å². The van der Waals surface area contributed by atoms with E-state index in [2.05, 4.69) is 16.9 Å². The molecule has 0 radical (unpaired) electrons. The second kappa shape index (κ2) is 9.82. The van der Waals surface area contributed by atoms with Crippen LogP contribution in [0.2, 0.25) is 0 Å². The van der Waals surface area contributed by atoms with Gasteiger partial charge in [0.1, 0.15) is 6.61 Å². The van der Waals surface area contributed by atoms with Crippen LogP contribution in [0.25, 0.3) is 6.08 Å². The van der Waals surface area contributed by atoms with Crippen LogP contribution in [-0.2, 0) is 14.8 Å². The molecule has 162 valence electrons. The lowest BCUT2D eigenvalue weighted by Crippen LogP contribution is -2.19. The minimum Gasteiger partial charge on any atom is -0.490 e. The van der Waals surface area contributed by atoms with Gasteiger partial charge in [0.15, 0.2) is 16.7 Å². The third kappa shape index (κ3) is 5.97. The molecule has 1 heterocycles. The lowest BCUT2D eigenvalue weighted by Gasteiger charge is -2.11. The van der Waals surface area contributed by atoms with Gasteiger partial charge in [-0.3, -0.25) is 4.79 Å². The Morgan fingerprint density at radius 1 is 1.16 bits per heavy atom. The van der Waals surface area contributed by atoms with Gasteiger partial charge in [-0.2, -0.15) is 0 Å². The number of hydrogen-bond acceptors (Lipinski definition) is 7. The third-order valence-electron chi connectivity index (χ3n) is 3.97. The lowest BCUT2D eigenvalue weighted by molar-refractivity contribution is -0.115. The highest BCUT2D eigenvalue weighted by Crippen LogP contribution is 2.32. The highest BCUT2D eigenvalue weighted by Gasteiger charge is 2.24. The molecule has 1 amide bonds. The molecule has 0 atom stereocenters. The van der Waals surface area contributed by atoms with E-state index in [1.807, 2.05) is 13.0 Å². The first-order valence-electron chi connectivity index (χ1n) is 9.23. The zero-order chi connectivity index (χ0) is 22.4. The molecule has 2 aromatic carbocycles. The molecule has 10 heteroatoms. The van der Waals surface area contributed by atoms with Gasteiger partial charge >= 0.3 is 0 Å². The normalized spacial score (nSPS) is 16.4. The number of nitrogens with two attached hydrogens (primary N) is 1. The Morgan fingerprint density at radius 3 is 2.55 bits per heavy atom. The van der Waals surface area contributed by atoms with Gasteiger partial charge in [-0.1, -0.05) is 18.7 Å². The molecule has 0 unspecified atom stereocenters. The van der Waals surface area contributed by atoms with E-state index in [0.29, 0.717) is 40.5 Å². The Labute approximate surface area is 184 Å². The summed E-state index contributed by atoms with van der Waals surface area (Å²) in [5.74, 6) is 0.887. The molecule has 3 N–H and O–H groups in total. The molecule has 2 aromatic rings. The maximum absolute atomic E-state index is 12.3. The molecule has 0 spiro atoms. The van der Waals surface area contributed by atoms with Gasteiger partial charge in [-0.05, 0) is 66.7 Å². The second-order valence-electron chi connectivity index (χ2n) is 6.26. The van der Waals surface area contributed by atoms with Crippen molar-refractivity contribution in [1.29, 1.82) is 0 Å². The average Bonchev–Trinajstić information content (AvgIpc) is 3.06. The lowest BCUT2D eigenvalue weighted by atomic mass is 10.2. The largest absolute Gasteiger partial charge is 0.490 e. The highest BCUT2D eigenvalue weighted by molar-refractivity contribution is 8.18. The van der Waals surface area contributed by atoms with Gasteiger partial charge < -0.3 is 14.8 Å². The number of thioether (sulfide) groups is 1. The number of amidine groups is 1. The average molecular weight is 460 g/mol. The number of nitrogens with one attached hydrogen (secondary N) is 1. The Kier molecular flexibility index (Phi) is 7.16. The molecule has 31 heavy (non-hydrogen) atoms. The SMILES string of the molecule is C=CCOc1ccc(/C=C2/SC(=Nc3ccc(S(N)(=O)=O)cc3)NC2=O)cc1OCC. The molecule has 0 aromatic heterocycles. The van der Waals surface area contributed by atoms with Crippen LogP contribution in [-0.4, -0.2) is 32.7 Å². The molecule has 0 bridgehead atoms. The molecular formula is C21H21N3O5S2. The fourth-order valence-electron chi connectivity index (χ4n) is 2.61. The Bertz CT molecular complexity index is 1160. The summed E-state index contributed by atoms with van der Waals surface area (Å²) in [7, 11) is -3.77. The third-order valence-corrected chi connectivity index (χ3v) is 5.81. The molecule has 8 nitrogen and oxygen atoms in total. The van der Waals surface area contributed by atoms with Gasteiger partial charge in [0.05, 0.1) is 22.1 Å². The number of sulfonamides is 1. The predicted molar refractivity (Wildman–Crippen MR) is 122 cm³/mol. The summed E-state index contributed by atoms with van der Waals surface area (Å²) >= 11 is 1.18. The number of primary sulfonamides is 1. The van der Waals surface area contributed by atoms with Crippen LogP contribution in [0.4, 0.5) is 5.69 Å². The van der Waals surface area contributed by atoms with E-state index in [-0.39, 0.29) is 10.8 Å². The number of benzene rings is 2. The first-order chi connectivity index (χ1) is 14.8. The summed E-state index contributed by atoms with van der Waals surface area (Å²) in [5.41, 5.74) is 1.25. The summed E-state index contributed by atoms with van der Waals surface area (Å²) in [4.78, 5) is 17.1. The van der Waals surface area contributed by atoms with E-state index in [0.717, 1.165) is 5.56 Å². The zero-order valence-corrected chi connectivity index (χ0v) is 18.3. The first kappa shape index (κ1) is 22.6. The van der Waals surface area contributed by atoms with Crippen molar-refractivity contribution in [3.8, 4) is 11.5 Å². The number of rotatable bonds is 8. The van der Waals surface area contributed by atoms with Gasteiger partial charge in [-0.15, -0.1) is 0 Å². The van der Waals surface area contributed by atoms with E-state index in [4.69, 9.17) is 14.6 Å². The van der Waals surface area contributed by atoms with Crippen molar-refractivity contribution in [1.82, 2.24) is 5.32 Å². The van der Waals surface area contributed by atoms with E-state index >= 15 is 0 Å². The van der Waals surface area contributed by atoms with Crippen molar-refractivity contribution in [2.45, 2.75) is 11.8 Å². The number of hydrogen-bond donors (Lipinski definition) is 2. The van der Waals surface area contributed by atoms with Crippen molar-refractivity contribution >= 4 is 44.6 Å². The monoisotopic (exact) mass is 459 g/mol. The number of nitrogens with zero attached hydrogens (tertiary/aromatic N) is 1. The van der Waals surface area contributed by atoms with Crippen LogP contribution >= 0.6 is 11.8 Å². The number of amides is 1. The molecule has 0 aliphatic carbocycles. The standard InChI is InChI=1S/C21H21N3O5S2/c1-3-11-29-17-10-5-14(12-18(17)28-4-2)13-19-20(25)24-21(30-19)23-15-6-8-16(9-7-15)31(22,26)27/h3,5-10,12-13H,1,4,11H2,2H3,(H2,22,26,27)(H,23,24,25)/b19-13+. The summed E-state index contributed by atoms with van der Waals surface area (Å²) in [6.45, 7) is 6.34. The van der Waals surface area contributed by atoms with Gasteiger partial charge in [-0.25, -0.2) is 18.5 Å². The van der Waals surface area contributed by atoms with Gasteiger partial charge in [0, 0.05) is 0 Å². The minimum atomic E-state index is -3.77. The second-order valence-corrected chi connectivity index (χ2v) is 8.85. The van der Waals surface area contributed by atoms with Gasteiger partial charge in [0.25, 0.3) is 5.91 Å². The Morgan fingerprint density at radius 2 is 1.90 bits per heavy atom. The molecule has 1 saturated heterocycles. The zero-order valence-electron chi connectivity index (χ0n) is 16.7. The van der Waals surface area contributed by atoms with E-state index in [1.54, 1.807) is 24.3 Å². The maximum Gasteiger partial charge on any atom is 0.264 e. The smallest absolute Gasteiger partial charge is 0.264 e. The number of aliphatic imine (C=N–C) groups is 1. The van der Waals surface area contributed by atoms with E-state index in [1.165, 1.54) is 36.0 Å². The van der Waals surface area contributed by atoms with Crippen LogP contribution in [0.5, 0.6) is 11.5 Å². The fraction of sp³-hybridized carbons (Fsp3) is 0.143. The molecule has 0 saturated carbocycles. The molecule has 1 aliphatic rings. The first-order valence-corrected chi connectivity index (χ1v) is 11.6. The summed E-state index contributed by atoms with van der Waals surface area (Å²) < 4.78 is 33.9. The molecule has 1 fully saturated rings. The molecular weight excluding hydrogens is 438 g/mol. The minimum absolute atomic E-state index is 0.00855. The topological polar surface area (TPSA) is 120 Å². The van der Waals surface area contributed by atoms with Crippen LogP contribution in [0.1, 0.15) is 12.5 Å². The fourth-order valence-corrected chi connectivity index (χ4v) is 3.97. The van der Waals surface area contributed by atoms with Crippen LogP contribution in [0.15, 0.2) is 69.9 Å². The Balaban J connectivity index is 1.80. The summed E-state index contributed by atoms with van der Waals surface area (Å²) in [5, 5.41) is 8.17. The highest BCUT2D eigenvalue weighted by atomic mass is 32.2. The van der Waals surface area contributed by atoms with Crippen molar-refractivity contribution < 1.29 is 22.7 Å². The van der Waals surface area contributed by atoms with Crippen LogP contribution in [0.3, 0.4) is 0 Å². The maximum atomic E-state index is 12.3. The molecule has 1 aliphatic heterocycles. The van der Waals surface area contributed by atoms with E-state index in [9.17, 15) is 13.2 Å². The van der Waals surface area contributed by atoms with Crippen molar-refractivity contribution in [2.75, 3.05) is 13.2 Å². The van der Waals surface area contributed by atoms with Gasteiger partial charge in [0.2, 0.25) is 10.0 Å². The molecule has 3 rings (SSSR count). The number of carbonyl (C=O) groups is 1. The summed E-state index contributed by atoms with van der Waals surface area (Å²) in [6.07, 6.45) is 3.38. The number of carbonyl (C=O) groups excluding carboxylic acids is 1. The quantitative estimate of drug-likeness (QED) is 0.462. The Hall–Kier alpha value is -3.08. The predicted octanol–water partition coefficient (Wildman–Crippen LogP) is 3.19. The van der Waals surface area contributed by atoms with Crippen molar-refractivity contribution in [3.63, 3.8) is 0 Å². The van der Waals surface area contributed by atoms with Crippen LogP contribution < -0.4 is 19.9 Å².